The first-order valence-corrected chi connectivity index (χ1v) is 9.17. The van der Waals surface area contributed by atoms with Crippen LogP contribution in [0.15, 0.2) is 27.4 Å². The molecule has 0 saturated carbocycles. The van der Waals surface area contributed by atoms with Crippen molar-refractivity contribution in [2.75, 3.05) is 11.1 Å². The Labute approximate surface area is 170 Å². The van der Waals surface area contributed by atoms with Gasteiger partial charge in [-0.05, 0) is 31.0 Å². The Morgan fingerprint density at radius 1 is 1.33 bits per heavy atom. The minimum atomic E-state index is -5.19. The van der Waals surface area contributed by atoms with E-state index in [1.807, 2.05) is 0 Å². The molecule has 2 rings (SSSR count). The number of halogens is 3. The fourth-order valence-corrected chi connectivity index (χ4v) is 2.98. The van der Waals surface area contributed by atoms with Crippen LogP contribution >= 0.6 is 11.8 Å². The topological polar surface area (TPSA) is 149 Å². The van der Waals surface area contributed by atoms with Gasteiger partial charge in [-0.1, -0.05) is 11.8 Å². The van der Waals surface area contributed by atoms with Crippen LogP contribution < -0.4 is 21.4 Å². The van der Waals surface area contributed by atoms with Gasteiger partial charge in [0.1, 0.15) is 23.1 Å². The number of carbonyl (C=O) groups is 3. The van der Waals surface area contributed by atoms with Gasteiger partial charge in [-0.25, -0.2) is 9.59 Å². The zero-order chi connectivity index (χ0) is 22.6. The second-order valence-corrected chi connectivity index (χ2v) is 7.00. The Morgan fingerprint density at radius 3 is 2.60 bits per heavy atom. The van der Waals surface area contributed by atoms with Crippen LogP contribution in [0.4, 0.5) is 23.7 Å². The van der Waals surface area contributed by atoms with Gasteiger partial charge in [0, 0.05) is 17.2 Å². The van der Waals surface area contributed by atoms with Gasteiger partial charge in [0.05, 0.1) is 0 Å². The molecule has 1 amide bonds. The molecule has 0 fully saturated rings. The normalized spacial score (nSPS) is 12.4. The number of benzene rings is 1. The fourth-order valence-electron chi connectivity index (χ4n) is 2.25. The van der Waals surface area contributed by atoms with E-state index in [-0.39, 0.29) is 34.4 Å². The van der Waals surface area contributed by atoms with E-state index in [4.69, 9.17) is 15.3 Å². The van der Waals surface area contributed by atoms with Crippen molar-refractivity contribution in [3.05, 3.63) is 34.2 Å². The minimum absolute atomic E-state index is 0.0259. The molecule has 2 aromatic rings. The van der Waals surface area contributed by atoms with Crippen LogP contribution in [0.3, 0.4) is 0 Å². The molecule has 30 heavy (non-hydrogen) atoms. The number of fused-ring (bicyclic) bond motifs is 1. The summed E-state index contributed by atoms with van der Waals surface area (Å²) in [6.07, 6.45) is -5.16. The lowest BCUT2D eigenvalue weighted by Gasteiger charge is -2.11. The van der Waals surface area contributed by atoms with E-state index in [2.05, 4.69) is 10.1 Å². The first-order valence-electron chi connectivity index (χ1n) is 8.18. The highest BCUT2D eigenvalue weighted by Gasteiger charge is 2.41. The highest BCUT2D eigenvalue weighted by molar-refractivity contribution is 8.13. The predicted octanol–water partition coefficient (Wildman–Crippen LogP) is 2.64. The van der Waals surface area contributed by atoms with Crippen molar-refractivity contribution in [1.29, 1.82) is 0 Å². The Morgan fingerprint density at radius 2 is 2.00 bits per heavy atom. The van der Waals surface area contributed by atoms with Gasteiger partial charge in [-0.3, -0.25) is 9.59 Å². The molecule has 9 nitrogen and oxygen atoms in total. The Hall–Kier alpha value is -3.06. The first-order chi connectivity index (χ1) is 13.9. The third-order valence-electron chi connectivity index (χ3n) is 3.79. The number of thioether (sulfide) groups is 1. The smallest absolute Gasteiger partial charge is 0.480 e. The van der Waals surface area contributed by atoms with E-state index in [9.17, 15) is 32.3 Å². The lowest BCUT2D eigenvalue weighted by Crippen LogP contribution is -2.30. The summed E-state index contributed by atoms with van der Waals surface area (Å²) in [4.78, 5) is 45.7. The number of alkyl halides is 3. The highest BCUT2D eigenvalue weighted by atomic mass is 32.2. The number of nitrogens with two attached hydrogens (primary N) is 1. The molecule has 0 saturated heterocycles. The second-order valence-electron chi connectivity index (χ2n) is 5.93. The Bertz CT molecular complexity index is 1050. The van der Waals surface area contributed by atoms with E-state index in [0.29, 0.717) is 11.8 Å². The van der Waals surface area contributed by atoms with Crippen molar-refractivity contribution < 1.29 is 41.8 Å². The van der Waals surface area contributed by atoms with Gasteiger partial charge in [0.2, 0.25) is 0 Å². The number of hydrogen-bond acceptors (Lipinski definition) is 8. The molecule has 1 atom stereocenters. The van der Waals surface area contributed by atoms with Crippen molar-refractivity contribution in [1.82, 2.24) is 0 Å². The number of anilines is 1. The molecule has 1 aromatic carbocycles. The van der Waals surface area contributed by atoms with Crippen LogP contribution in [0, 0.1) is 6.92 Å². The predicted molar refractivity (Wildman–Crippen MR) is 101 cm³/mol. The maximum Gasteiger partial charge on any atom is 0.491 e. The summed E-state index contributed by atoms with van der Waals surface area (Å²) in [7, 11) is 0. The van der Waals surface area contributed by atoms with Gasteiger partial charge >= 0.3 is 23.7 Å². The molecule has 0 aliphatic heterocycles. The first kappa shape index (κ1) is 23.2. The molecular weight excluding hydrogens is 433 g/mol. The number of hydrogen-bond donors (Lipinski definition) is 3. The zero-order valence-electron chi connectivity index (χ0n) is 15.2. The lowest BCUT2D eigenvalue weighted by atomic mass is 10.1. The van der Waals surface area contributed by atoms with Gasteiger partial charge in [0.25, 0.3) is 5.24 Å². The lowest BCUT2D eigenvalue weighted by molar-refractivity contribution is -0.189. The minimum Gasteiger partial charge on any atom is -0.480 e. The van der Waals surface area contributed by atoms with Gasteiger partial charge in [-0.15, -0.1) is 0 Å². The molecule has 13 heteroatoms. The molecule has 0 bridgehead atoms. The molecule has 0 radical (unpaired) electrons. The number of aryl methyl sites for hydroxylation is 1. The summed E-state index contributed by atoms with van der Waals surface area (Å²) in [5.41, 5.74) is 4.28. The largest absolute Gasteiger partial charge is 0.491 e. The molecule has 0 aliphatic carbocycles. The maximum absolute atomic E-state index is 12.3. The monoisotopic (exact) mass is 448 g/mol. The summed E-state index contributed by atoms with van der Waals surface area (Å²) < 4.78 is 46.1. The number of carboxylic acids is 1. The number of carboxylic acid groups (broad SMARTS) is 1. The maximum atomic E-state index is 12.3. The van der Waals surface area contributed by atoms with Crippen LogP contribution in [0.25, 0.3) is 11.0 Å². The van der Waals surface area contributed by atoms with Crippen molar-refractivity contribution in [3.63, 3.8) is 0 Å². The van der Waals surface area contributed by atoms with Crippen LogP contribution in [0.1, 0.15) is 12.0 Å². The van der Waals surface area contributed by atoms with Crippen LogP contribution in [0.5, 0.6) is 5.75 Å². The van der Waals surface area contributed by atoms with Gasteiger partial charge in [0.15, 0.2) is 0 Å². The van der Waals surface area contributed by atoms with E-state index in [0.717, 1.165) is 12.1 Å². The standard InChI is InChI=1S/C17H15F3N2O7S/c1-7-9-3-2-8(28-15(26)17(18,19)20)6-11(9)29-14(25)12(7)22-16(27)30-5-4-10(21)13(23)24/h2-3,6,10H,4-5,21H2,1H3,(H,22,27)(H,23,24)/t10-/m0/s1. The van der Waals surface area contributed by atoms with E-state index in [1.54, 1.807) is 0 Å². The second kappa shape index (κ2) is 9.17. The molecule has 1 aromatic heterocycles. The SMILES string of the molecule is Cc1c(NC(=O)SCC[C@H](N)C(=O)O)c(=O)oc2cc(OC(=O)C(F)(F)F)ccc12. The van der Waals surface area contributed by atoms with E-state index >= 15 is 0 Å². The average molecular weight is 448 g/mol. The van der Waals surface area contributed by atoms with E-state index < -0.39 is 40.8 Å². The van der Waals surface area contributed by atoms with Crippen molar-refractivity contribution in [2.45, 2.75) is 25.6 Å². The van der Waals surface area contributed by atoms with Crippen molar-refractivity contribution in [3.8, 4) is 5.75 Å². The molecule has 1 heterocycles. The molecule has 4 N–H and O–H groups in total. The molecule has 0 spiro atoms. The summed E-state index contributed by atoms with van der Waals surface area (Å²) in [6, 6.07) is 2.16. The van der Waals surface area contributed by atoms with Crippen molar-refractivity contribution in [2.24, 2.45) is 5.73 Å². The molecule has 0 aliphatic rings. The molecule has 162 valence electrons. The number of carbonyl (C=O) groups excluding carboxylic acids is 2. The third kappa shape index (κ3) is 5.73. The summed E-state index contributed by atoms with van der Waals surface area (Å²) in [5.74, 6) is -4.02. The highest BCUT2D eigenvalue weighted by Crippen LogP contribution is 2.28. The van der Waals surface area contributed by atoms with Crippen LogP contribution in [-0.2, 0) is 9.59 Å². The Balaban J connectivity index is 2.18. The average Bonchev–Trinajstić information content (AvgIpc) is 2.64. The summed E-state index contributed by atoms with van der Waals surface area (Å²) in [6.45, 7) is 1.47. The summed E-state index contributed by atoms with van der Waals surface area (Å²) in [5, 5.41) is 10.7. The van der Waals surface area contributed by atoms with E-state index in [1.165, 1.54) is 13.0 Å². The Kier molecular flexibility index (Phi) is 7.10. The zero-order valence-corrected chi connectivity index (χ0v) is 16.1. The third-order valence-corrected chi connectivity index (χ3v) is 4.59. The van der Waals surface area contributed by atoms with Gasteiger partial charge < -0.3 is 25.3 Å². The number of ether oxygens (including phenoxy) is 1. The van der Waals surface area contributed by atoms with Gasteiger partial charge in [-0.2, -0.15) is 13.2 Å². The number of esters is 1. The number of rotatable bonds is 6. The molecule has 0 unspecified atom stereocenters. The number of aliphatic carboxylic acids is 1. The number of nitrogens with one attached hydrogen (secondary N) is 1. The van der Waals surface area contributed by atoms with Crippen LogP contribution in [0.2, 0.25) is 0 Å². The fraction of sp³-hybridized carbons (Fsp3) is 0.294. The number of amides is 1. The van der Waals surface area contributed by atoms with Crippen molar-refractivity contribution >= 4 is 45.6 Å². The quantitative estimate of drug-likeness (QED) is 0.344. The van der Waals surface area contributed by atoms with Crippen LogP contribution in [-0.4, -0.2) is 40.3 Å². The molecular formula is C17H15F3N2O7S. The summed E-state index contributed by atoms with van der Waals surface area (Å²) >= 11 is 0.713.